The summed E-state index contributed by atoms with van der Waals surface area (Å²) in [6.07, 6.45) is -0.216. The maximum Gasteiger partial charge on any atom is 0.243 e. The normalized spacial score (nSPS) is 17.9. The number of nitrogens with zero attached hydrogens (tertiary/aromatic N) is 2. The number of β-amino-alcohol motifs (C(OH)–C–C–N with tert-alkyl or cyclic N) is 1. The highest BCUT2D eigenvalue weighted by atomic mass is 32.1. The molecule has 2 atom stereocenters. The molecule has 3 aromatic rings. The van der Waals surface area contributed by atoms with E-state index in [9.17, 15) is 14.7 Å². The number of amides is 2. The number of aliphatic hydroxyl groups excluding tert-OH is 1. The molecule has 1 saturated heterocycles. The zero-order chi connectivity index (χ0) is 22.7. The fraction of sp³-hybridized carbons (Fsp3) is 0.292. The second-order valence-corrected chi connectivity index (χ2v) is 8.82. The molecule has 1 unspecified atom stereocenters. The molecule has 1 fully saturated rings. The highest BCUT2D eigenvalue weighted by Gasteiger charge is 2.37. The minimum absolute atomic E-state index is 0.116. The van der Waals surface area contributed by atoms with Gasteiger partial charge in [-0.05, 0) is 30.2 Å². The molecule has 2 amide bonds. The van der Waals surface area contributed by atoms with E-state index in [0.29, 0.717) is 30.3 Å². The molecule has 3 N–H and O–H groups in total. The molecule has 2 heterocycles. The average Bonchev–Trinajstić information content (AvgIpc) is 3.39. The Hall–Kier alpha value is -3.23. The van der Waals surface area contributed by atoms with Crippen molar-refractivity contribution in [2.45, 2.75) is 39.0 Å². The fourth-order valence-corrected chi connectivity index (χ4v) is 4.76. The molecule has 32 heavy (non-hydrogen) atoms. The van der Waals surface area contributed by atoms with Crippen molar-refractivity contribution in [1.82, 2.24) is 10.3 Å². The van der Waals surface area contributed by atoms with Crippen molar-refractivity contribution >= 4 is 34.0 Å². The van der Waals surface area contributed by atoms with Gasteiger partial charge in [-0.3, -0.25) is 9.59 Å². The Morgan fingerprint density at radius 3 is 2.81 bits per heavy atom. The molecule has 7 nitrogen and oxygen atoms in total. The van der Waals surface area contributed by atoms with Gasteiger partial charge < -0.3 is 20.6 Å². The van der Waals surface area contributed by atoms with Gasteiger partial charge >= 0.3 is 0 Å². The Balaban J connectivity index is 1.49. The number of aromatic nitrogens is 1. The molecule has 0 saturated carbocycles. The fourth-order valence-electron chi connectivity index (χ4n) is 3.87. The van der Waals surface area contributed by atoms with Gasteiger partial charge in [-0.15, -0.1) is 11.3 Å². The highest BCUT2D eigenvalue weighted by molar-refractivity contribution is 7.14. The Kier molecular flexibility index (Phi) is 6.53. The third-order valence-electron chi connectivity index (χ3n) is 5.51. The lowest BCUT2D eigenvalue weighted by Crippen LogP contribution is -2.43. The molecule has 0 bridgehead atoms. The molecule has 4 rings (SSSR count). The van der Waals surface area contributed by atoms with Crippen LogP contribution in [0.2, 0.25) is 0 Å². The number of hydrogen-bond acceptors (Lipinski definition) is 6. The quantitative estimate of drug-likeness (QED) is 0.536. The topological polar surface area (TPSA) is 94.6 Å². The number of aliphatic hydroxyl groups is 1. The van der Waals surface area contributed by atoms with E-state index in [4.69, 9.17) is 4.98 Å². The van der Waals surface area contributed by atoms with Crippen LogP contribution in [0.15, 0.2) is 53.9 Å². The number of carbonyl (C=O) groups is 2. The van der Waals surface area contributed by atoms with E-state index in [1.807, 2.05) is 65.7 Å². The van der Waals surface area contributed by atoms with Gasteiger partial charge in [0.25, 0.3) is 0 Å². The van der Waals surface area contributed by atoms with Crippen molar-refractivity contribution in [3.05, 3.63) is 65.0 Å². The van der Waals surface area contributed by atoms with E-state index in [1.165, 1.54) is 18.3 Å². The van der Waals surface area contributed by atoms with E-state index in [-0.39, 0.29) is 11.8 Å². The van der Waals surface area contributed by atoms with Crippen LogP contribution >= 0.6 is 11.3 Å². The summed E-state index contributed by atoms with van der Waals surface area (Å²) in [5, 5.41) is 18.7. The zero-order valence-corrected chi connectivity index (χ0v) is 18.9. The molecule has 2 aromatic carbocycles. The second-order valence-electron chi connectivity index (χ2n) is 7.98. The first kappa shape index (κ1) is 22.0. The van der Waals surface area contributed by atoms with Crippen LogP contribution in [-0.2, 0) is 16.1 Å². The summed E-state index contributed by atoms with van der Waals surface area (Å²) < 4.78 is 0. The van der Waals surface area contributed by atoms with Crippen LogP contribution in [0.5, 0.6) is 0 Å². The van der Waals surface area contributed by atoms with Gasteiger partial charge in [0.2, 0.25) is 11.8 Å². The summed E-state index contributed by atoms with van der Waals surface area (Å²) in [5.74, 6) is -0.249. The largest absolute Gasteiger partial charge is 0.391 e. The lowest BCUT2D eigenvalue weighted by atomic mass is 10.1. The van der Waals surface area contributed by atoms with Crippen LogP contribution in [0.1, 0.15) is 24.5 Å². The van der Waals surface area contributed by atoms with Gasteiger partial charge in [-0.2, -0.15) is 0 Å². The SMILES string of the molecule is CC(=O)Nc1cccc(-c2csc(N3CC(O)C[C@H]3C(=O)NCc3ccccc3C)n2)c1. The molecule has 1 aliphatic heterocycles. The molecule has 1 aromatic heterocycles. The van der Waals surface area contributed by atoms with Crippen molar-refractivity contribution in [2.75, 3.05) is 16.8 Å². The van der Waals surface area contributed by atoms with E-state index < -0.39 is 12.1 Å². The van der Waals surface area contributed by atoms with Gasteiger partial charge in [0.15, 0.2) is 5.13 Å². The predicted octanol–water partition coefficient (Wildman–Crippen LogP) is 3.33. The Morgan fingerprint density at radius 2 is 2.03 bits per heavy atom. The predicted molar refractivity (Wildman–Crippen MR) is 127 cm³/mol. The van der Waals surface area contributed by atoms with Crippen molar-refractivity contribution in [3.63, 3.8) is 0 Å². The Morgan fingerprint density at radius 1 is 1.22 bits per heavy atom. The van der Waals surface area contributed by atoms with Crippen LogP contribution in [0.4, 0.5) is 10.8 Å². The highest BCUT2D eigenvalue weighted by Crippen LogP contribution is 2.33. The van der Waals surface area contributed by atoms with Gasteiger partial charge in [0, 0.05) is 43.1 Å². The smallest absolute Gasteiger partial charge is 0.243 e. The van der Waals surface area contributed by atoms with Gasteiger partial charge in [-0.25, -0.2) is 4.98 Å². The van der Waals surface area contributed by atoms with Gasteiger partial charge in [0.05, 0.1) is 11.8 Å². The van der Waals surface area contributed by atoms with Gasteiger partial charge in [-0.1, -0.05) is 36.4 Å². The molecular weight excluding hydrogens is 424 g/mol. The molecule has 166 valence electrons. The molecule has 0 spiro atoms. The zero-order valence-electron chi connectivity index (χ0n) is 18.0. The number of carbonyl (C=O) groups excluding carboxylic acids is 2. The molecule has 1 aliphatic rings. The summed E-state index contributed by atoms with van der Waals surface area (Å²) in [5.41, 5.74) is 4.54. The number of rotatable bonds is 6. The average molecular weight is 451 g/mol. The van der Waals surface area contributed by atoms with Crippen LogP contribution in [0, 0.1) is 6.92 Å². The summed E-state index contributed by atoms with van der Waals surface area (Å²) >= 11 is 1.44. The van der Waals surface area contributed by atoms with E-state index >= 15 is 0 Å². The molecule has 0 aliphatic carbocycles. The monoisotopic (exact) mass is 450 g/mol. The summed E-state index contributed by atoms with van der Waals surface area (Å²) in [6, 6.07) is 15.0. The van der Waals surface area contributed by atoms with Gasteiger partial charge in [0.1, 0.15) is 6.04 Å². The number of benzene rings is 2. The number of aryl methyl sites for hydroxylation is 1. The van der Waals surface area contributed by atoms with E-state index in [1.54, 1.807) is 0 Å². The molecular formula is C24H26N4O3S. The lowest BCUT2D eigenvalue weighted by molar-refractivity contribution is -0.122. The Bertz CT molecular complexity index is 1130. The van der Waals surface area contributed by atoms with E-state index in [2.05, 4.69) is 10.6 Å². The summed E-state index contributed by atoms with van der Waals surface area (Å²) in [7, 11) is 0. The summed E-state index contributed by atoms with van der Waals surface area (Å²) in [4.78, 5) is 30.9. The van der Waals surface area contributed by atoms with Crippen LogP contribution in [-0.4, -0.2) is 40.6 Å². The Labute approximate surface area is 191 Å². The third kappa shape index (κ3) is 4.98. The van der Waals surface area contributed by atoms with E-state index in [0.717, 1.165) is 22.4 Å². The van der Waals surface area contributed by atoms with Crippen molar-refractivity contribution < 1.29 is 14.7 Å². The first-order valence-electron chi connectivity index (χ1n) is 10.5. The maximum atomic E-state index is 13.0. The minimum Gasteiger partial charge on any atom is -0.391 e. The maximum absolute atomic E-state index is 13.0. The minimum atomic E-state index is -0.584. The summed E-state index contributed by atoms with van der Waals surface area (Å²) in [6.45, 7) is 4.30. The standard InChI is InChI=1S/C24H26N4O3S/c1-15-6-3-4-7-18(15)12-25-23(31)22-11-20(30)13-28(22)24-27-21(14-32-24)17-8-5-9-19(10-17)26-16(2)29/h3-10,14,20,22,30H,11-13H2,1-2H3,(H,25,31)(H,26,29)/t20?,22-/m0/s1. The molecule has 8 heteroatoms. The number of hydrogen-bond donors (Lipinski definition) is 3. The molecule has 0 radical (unpaired) electrons. The van der Waals surface area contributed by atoms with Crippen molar-refractivity contribution in [1.29, 1.82) is 0 Å². The lowest BCUT2D eigenvalue weighted by Gasteiger charge is -2.23. The van der Waals surface area contributed by atoms with Crippen molar-refractivity contribution in [2.24, 2.45) is 0 Å². The number of thiazole rings is 1. The first-order valence-corrected chi connectivity index (χ1v) is 11.4. The number of anilines is 2. The second kappa shape index (κ2) is 9.50. The van der Waals surface area contributed by atoms with Crippen LogP contribution < -0.4 is 15.5 Å². The van der Waals surface area contributed by atoms with Crippen LogP contribution in [0.3, 0.4) is 0 Å². The number of nitrogens with one attached hydrogen (secondary N) is 2. The first-order chi connectivity index (χ1) is 15.4. The third-order valence-corrected chi connectivity index (χ3v) is 6.39. The van der Waals surface area contributed by atoms with Crippen LogP contribution in [0.25, 0.3) is 11.3 Å². The van der Waals surface area contributed by atoms with Crippen molar-refractivity contribution in [3.8, 4) is 11.3 Å².